The van der Waals surface area contributed by atoms with Gasteiger partial charge in [-0.15, -0.1) is 10.2 Å². The summed E-state index contributed by atoms with van der Waals surface area (Å²) >= 11 is 1.32. The Labute approximate surface area is 170 Å². The van der Waals surface area contributed by atoms with Gasteiger partial charge in [-0.1, -0.05) is 42.1 Å². The molecule has 29 heavy (non-hydrogen) atoms. The number of thioether (sulfide) groups is 1. The standard InChI is InChI=1S/C22H18FN3O2S/c1-13-15-6-3-5-9-19(15)28-20(13)18(27)12-29-22-25-24-21(26(22)14-10-11-14)16-7-2-4-8-17(16)23/h2-9,14H,10-12H2,1H3. The molecule has 146 valence electrons. The topological polar surface area (TPSA) is 60.9 Å². The van der Waals surface area contributed by atoms with Gasteiger partial charge in [0.1, 0.15) is 11.4 Å². The quantitative estimate of drug-likeness (QED) is 0.314. The number of hydrogen-bond donors (Lipinski definition) is 0. The number of benzene rings is 2. The van der Waals surface area contributed by atoms with Crippen molar-refractivity contribution in [3.63, 3.8) is 0 Å². The lowest BCUT2D eigenvalue weighted by Gasteiger charge is -2.09. The molecule has 0 spiro atoms. The van der Waals surface area contributed by atoms with Crippen molar-refractivity contribution < 1.29 is 13.6 Å². The highest BCUT2D eigenvalue weighted by atomic mass is 32.2. The van der Waals surface area contributed by atoms with Crippen molar-refractivity contribution in [2.45, 2.75) is 31.0 Å². The molecule has 0 aliphatic heterocycles. The minimum absolute atomic E-state index is 0.0958. The van der Waals surface area contributed by atoms with E-state index in [2.05, 4.69) is 10.2 Å². The molecule has 5 nitrogen and oxygen atoms in total. The molecule has 7 heteroatoms. The third-order valence-corrected chi connectivity index (χ3v) is 6.06. The number of carbonyl (C=O) groups excluding carboxylic acids is 1. The first kappa shape index (κ1) is 18.1. The van der Waals surface area contributed by atoms with Gasteiger partial charge in [0.25, 0.3) is 0 Å². The van der Waals surface area contributed by atoms with E-state index in [0.717, 1.165) is 23.8 Å². The summed E-state index contributed by atoms with van der Waals surface area (Å²) in [5, 5.41) is 10.1. The van der Waals surface area contributed by atoms with Crippen molar-refractivity contribution in [3.8, 4) is 11.4 Å². The van der Waals surface area contributed by atoms with Crippen molar-refractivity contribution in [3.05, 3.63) is 65.7 Å². The average molecular weight is 407 g/mol. The smallest absolute Gasteiger partial charge is 0.208 e. The summed E-state index contributed by atoms with van der Waals surface area (Å²) in [7, 11) is 0. The summed E-state index contributed by atoms with van der Waals surface area (Å²) in [6, 6.07) is 14.4. The third-order valence-electron chi connectivity index (χ3n) is 5.12. The molecule has 2 aromatic heterocycles. The van der Waals surface area contributed by atoms with Crippen molar-refractivity contribution >= 4 is 28.5 Å². The second-order valence-corrected chi connectivity index (χ2v) is 8.09. The second-order valence-electron chi connectivity index (χ2n) is 7.15. The normalized spacial score (nSPS) is 13.9. The van der Waals surface area contributed by atoms with Gasteiger partial charge in [-0.2, -0.15) is 0 Å². The van der Waals surface area contributed by atoms with Crippen LogP contribution in [0.25, 0.3) is 22.4 Å². The summed E-state index contributed by atoms with van der Waals surface area (Å²) < 4.78 is 22.0. The van der Waals surface area contributed by atoms with Crippen LogP contribution in [0, 0.1) is 12.7 Å². The minimum Gasteiger partial charge on any atom is -0.453 e. The van der Waals surface area contributed by atoms with Gasteiger partial charge < -0.3 is 4.42 Å². The molecule has 1 saturated carbocycles. The molecule has 0 N–H and O–H groups in total. The summed E-state index contributed by atoms with van der Waals surface area (Å²) in [6.07, 6.45) is 2.01. The highest BCUT2D eigenvalue weighted by molar-refractivity contribution is 7.99. The maximum atomic E-state index is 14.3. The van der Waals surface area contributed by atoms with E-state index in [4.69, 9.17) is 4.42 Å². The summed E-state index contributed by atoms with van der Waals surface area (Å²) in [4.78, 5) is 12.8. The van der Waals surface area contributed by atoms with Crippen LogP contribution in [0.3, 0.4) is 0 Å². The molecule has 2 aromatic carbocycles. The molecular formula is C22H18FN3O2S. The third kappa shape index (κ3) is 3.25. The molecule has 0 unspecified atom stereocenters. The molecule has 1 fully saturated rings. The Morgan fingerprint density at radius 3 is 2.69 bits per heavy atom. The molecule has 4 aromatic rings. The Bertz CT molecular complexity index is 1230. The van der Waals surface area contributed by atoms with Crippen LogP contribution in [0.1, 0.15) is 35.0 Å². The fourth-order valence-electron chi connectivity index (χ4n) is 3.50. The van der Waals surface area contributed by atoms with Crippen LogP contribution >= 0.6 is 11.8 Å². The maximum Gasteiger partial charge on any atom is 0.208 e. The van der Waals surface area contributed by atoms with E-state index in [1.54, 1.807) is 18.2 Å². The number of rotatable bonds is 6. The molecule has 1 aliphatic carbocycles. The van der Waals surface area contributed by atoms with Crippen molar-refractivity contribution in [2.75, 3.05) is 5.75 Å². The summed E-state index contributed by atoms with van der Waals surface area (Å²) in [6.45, 7) is 1.90. The number of aryl methyl sites for hydroxylation is 1. The van der Waals surface area contributed by atoms with Gasteiger partial charge in [-0.3, -0.25) is 9.36 Å². The number of para-hydroxylation sites is 1. The lowest BCUT2D eigenvalue weighted by molar-refractivity contribution is 0.0993. The van der Waals surface area contributed by atoms with Gasteiger partial charge in [0.2, 0.25) is 5.78 Å². The van der Waals surface area contributed by atoms with Gasteiger partial charge in [-0.25, -0.2) is 4.39 Å². The van der Waals surface area contributed by atoms with E-state index in [1.165, 1.54) is 17.8 Å². The molecule has 0 atom stereocenters. The lowest BCUT2D eigenvalue weighted by atomic mass is 10.1. The highest BCUT2D eigenvalue weighted by Gasteiger charge is 2.31. The number of aromatic nitrogens is 3. The molecule has 1 aliphatic rings. The highest BCUT2D eigenvalue weighted by Crippen LogP contribution is 2.41. The van der Waals surface area contributed by atoms with Crippen LogP contribution in [0.15, 0.2) is 58.1 Å². The Kier molecular flexibility index (Phi) is 4.47. The largest absolute Gasteiger partial charge is 0.453 e. The number of Topliss-reactive ketones (excluding diaryl/α,β-unsaturated/α-hetero) is 1. The number of nitrogens with zero attached hydrogens (tertiary/aromatic N) is 3. The van der Waals surface area contributed by atoms with Crippen LogP contribution in [-0.4, -0.2) is 26.3 Å². The van der Waals surface area contributed by atoms with E-state index < -0.39 is 0 Å². The first-order valence-corrected chi connectivity index (χ1v) is 10.5. The van der Waals surface area contributed by atoms with Gasteiger partial charge in [-0.05, 0) is 38.0 Å². The predicted molar refractivity (Wildman–Crippen MR) is 110 cm³/mol. The number of carbonyl (C=O) groups is 1. The van der Waals surface area contributed by atoms with Crippen LogP contribution in [0.5, 0.6) is 0 Å². The lowest BCUT2D eigenvalue weighted by Crippen LogP contribution is -2.05. The SMILES string of the molecule is Cc1c(C(=O)CSc2nnc(-c3ccccc3F)n2C2CC2)oc2ccccc12. The number of halogens is 1. The number of fused-ring (bicyclic) bond motifs is 1. The zero-order valence-corrected chi connectivity index (χ0v) is 16.6. The first-order valence-electron chi connectivity index (χ1n) is 9.47. The maximum absolute atomic E-state index is 14.3. The van der Waals surface area contributed by atoms with Gasteiger partial charge in [0.15, 0.2) is 16.7 Å². The molecule has 0 saturated heterocycles. The van der Waals surface area contributed by atoms with Crippen LogP contribution < -0.4 is 0 Å². The van der Waals surface area contributed by atoms with Gasteiger partial charge in [0, 0.05) is 17.0 Å². The van der Waals surface area contributed by atoms with E-state index >= 15 is 0 Å². The van der Waals surface area contributed by atoms with Gasteiger partial charge in [0.05, 0.1) is 11.3 Å². The molecule has 0 radical (unpaired) electrons. The van der Waals surface area contributed by atoms with Crippen LogP contribution in [0.2, 0.25) is 0 Å². The minimum atomic E-state index is -0.327. The summed E-state index contributed by atoms with van der Waals surface area (Å²) in [5.74, 6) is 0.655. The number of furan rings is 1. The fourth-order valence-corrected chi connectivity index (χ4v) is 4.36. The zero-order chi connectivity index (χ0) is 20.0. The average Bonchev–Trinajstić information content (AvgIpc) is 3.40. The Morgan fingerprint density at radius 1 is 1.17 bits per heavy atom. The molecule has 5 rings (SSSR count). The van der Waals surface area contributed by atoms with E-state index in [0.29, 0.717) is 27.9 Å². The molecule has 0 bridgehead atoms. The summed E-state index contributed by atoms with van der Waals surface area (Å²) in [5.41, 5.74) is 1.99. The van der Waals surface area contributed by atoms with Crippen molar-refractivity contribution in [1.29, 1.82) is 0 Å². The van der Waals surface area contributed by atoms with Crippen LogP contribution in [-0.2, 0) is 0 Å². The Balaban J connectivity index is 1.42. The first-order chi connectivity index (χ1) is 14.1. The zero-order valence-electron chi connectivity index (χ0n) is 15.8. The number of hydrogen-bond acceptors (Lipinski definition) is 5. The molecule has 0 amide bonds. The second kappa shape index (κ2) is 7.15. The van der Waals surface area contributed by atoms with E-state index in [9.17, 15) is 9.18 Å². The van der Waals surface area contributed by atoms with Crippen molar-refractivity contribution in [2.24, 2.45) is 0 Å². The fraction of sp³-hybridized carbons (Fsp3) is 0.227. The van der Waals surface area contributed by atoms with Gasteiger partial charge >= 0.3 is 0 Å². The van der Waals surface area contributed by atoms with E-state index in [-0.39, 0.29) is 23.4 Å². The predicted octanol–water partition coefficient (Wildman–Crippen LogP) is 5.45. The Morgan fingerprint density at radius 2 is 1.93 bits per heavy atom. The molecular weight excluding hydrogens is 389 g/mol. The van der Waals surface area contributed by atoms with Crippen molar-refractivity contribution in [1.82, 2.24) is 14.8 Å². The van der Waals surface area contributed by atoms with Crippen LogP contribution in [0.4, 0.5) is 4.39 Å². The molecule has 2 heterocycles. The van der Waals surface area contributed by atoms with E-state index in [1.807, 2.05) is 35.8 Å². The number of ketones is 1. The monoisotopic (exact) mass is 407 g/mol. The Hall–Kier alpha value is -2.93.